The second kappa shape index (κ2) is 9.08. The fourth-order valence-electron chi connectivity index (χ4n) is 3.70. The molecule has 2 unspecified atom stereocenters. The fourth-order valence-corrected chi connectivity index (χ4v) is 3.70. The summed E-state index contributed by atoms with van der Waals surface area (Å²) < 4.78 is 6.52. The second-order valence-electron chi connectivity index (χ2n) is 8.34. The standard InChI is InChI=1S/C25H27N5O/c1-18(19-11-6-4-7-12-19)17-22(25(2,3)24-27-29-30-28-24)31-23-16-10-15-21(26-23)20-13-8-5-9-14-20/h4-16,18,22H,17H2,1-3H3,(H,27,28,29,30). The third kappa shape index (κ3) is 4.79. The molecule has 0 spiro atoms. The summed E-state index contributed by atoms with van der Waals surface area (Å²) in [4.78, 5) is 4.77. The van der Waals surface area contributed by atoms with Gasteiger partial charge in [-0.15, -0.1) is 10.2 Å². The van der Waals surface area contributed by atoms with Crippen molar-refractivity contribution in [2.75, 3.05) is 0 Å². The van der Waals surface area contributed by atoms with Crippen LogP contribution in [0.15, 0.2) is 78.9 Å². The van der Waals surface area contributed by atoms with Gasteiger partial charge in [0, 0.05) is 11.6 Å². The van der Waals surface area contributed by atoms with Crippen molar-refractivity contribution in [2.45, 2.75) is 44.6 Å². The second-order valence-corrected chi connectivity index (χ2v) is 8.34. The van der Waals surface area contributed by atoms with Gasteiger partial charge < -0.3 is 4.74 Å². The average Bonchev–Trinajstić information content (AvgIpc) is 3.36. The summed E-state index contributed by atoms with van der Waals surface area (Å²) in [6.45, 7) is 6.38. The van der Waals surface area contributed by atoms with Crippen molar-refractivity contribution in [3.8, 4) is 17.1 Å². The van der Waals surface area contributed by atoms with Crippen LogP contribution in [0.3, 0.4) is 0 Å². The normalized spacial score (nSPS) is 13.5. The Balaban J connectivity index is 1.63. The maximum atomic E-state index is 6.52. The number of aromatic nitrogens is 5. The van der Waals surface area contributed by atoms with Crippen LogP contribution in [-0.4, -0.2) is 31.7 Å². The molecule has 0 aliphatic heterocycles. The van der Waals surface area contributed by atoms with Gasteiger partial charge in [0.25, 0.3) is 0 Å². The van der Waals surface area contributed by atoms with Gasteiger partial charge in [-0.25, -0.2) is 4.98 Å². The van der Waals surface area contributed by atoms with E-state index in [4.69, 9.17) is 9.72 Å². The number of nitrogens with one attached hydrogen (secondary N) is 1. The zero-order chi connectivity index (χ0) is 21.7. The van der Waals surface area contributed by atoms with Crippen LogP contribution in [-0.2, 0) is 5.41 Å². The lowest BCUT2D eigenvalue weighted by atomic mass is 9.79. The average molecular weight is 414 g/mol. The molecule has 0 bridgehead atoms. The first-order valence-corrected chi connectivity index (χ1v) is 10.5. The topological polar surface area (TPSA) is 76.6 Å². The Bertz CT molecular complexity index is 1080. The van der Waals surface area contributed by atoms with E-state index in [-0.39, 0.29) is 12.0 Å². The van der Waals surface area contributed by atoms with E-state index in [2.05, 4.69) is 65.7 Å². The van der Waals surface area contributed by atoms with Gasteiger partial charge in [-0.3, -0.25) is 0 Å². The summed E-state index contributed by atoms with van der Waals surface area (Å²) in [5, 5.41) is 14.8. The van der Waals surface area contributed by atoms with E-state index in [0.717, 1.165) is 17.7 Å². The van der Waals surface area contributed by atoms with E-state index in [1.54, 1.807) is 0 Å². The number of pyridine rings is 1. The van der Waals surface area contributed by atoms with E-state index < -0.39 is 5.41 Å². The highest BCUT2D eigenvalue weighted by molar-refractivity contribution is 5.59. The molecule has 0 saturated carbocycles. The summed E-state index contributed by atoms with van der Waals surface area (Å²) >= 11 is 0. The first kappa shape index (κ1) is 20.7. The predicted molar refractivity (Wildman–Crippen MR) is 121 cm³/mol. The highest BCUT2D eigenvalue weighted by atomic mass is 16.5. The lowest BCUT2D eigenvalue weighted by molar-refractivity contribution is 0.0998. The highest BCUT2D eigenvalue weighted by Gasteiger charge is 2.38. The van der Waals surface area contributed by atoms with Gasteiger partial charge >= 0.3 is 0 Å². The predicted octanol–water partition coefficient (Wildman–Crippen LogP) is 5.18. The Kier molecular flexibility index (Phi) is 6.07. The van der Waals surface area contributed by atoms with Crippen molar-refractivity contribution in [1.82, 2.24) is 25.6 Å². The molecule has 0 saturated heterocycles. The SMILES string of the molecule is CC(CC(Oc1cccc(-c2ccccc2)n1)C(C)(C)c1nn[nH]n1)c1ccccc1. The van der Waals surface area contributed by atoms with Crippen LogP contribution in [0.5, 0.6) is 5.88 Å². The van der Waals surface area contributed by atoms with Gasteiger partial charge in [-0.1, -0.05) is 78.9 Å². The molecule has 2 aromatic heterocycles. The molecule has 158 valence electrons. The molecule has 31 heavy (non-hydrogen) atoms. The number of tetrazole rings is 1. The minimum absolute atomic E-state index is 0.209. The van der Waals surface area contributed by atoms with Crippen molar-refractivity contribution in [2.24, 2.45) is 0 Å². The Morgan fingerprint density at radius 1 is 0.903 bits per heavy atom. The third-order valence-corrected chi connectivity index (χ3v) is 5.72. The number of ether oxygens (including phenoxy) is 1. The molecule has 2 aromatic carbocycles. The Morgan fingerprint density at radius 3 is 2.29 bits per heavy atom. The van der Waals surface area contributed by atoms with E-state index >= 15 is 0 Å². The van der Waals surface area contributed by atoms with Gasteiger partial charge in [-0.05, 0) is 37.8 Å². The van der Waals surface area contributed by atoms with E-state index in [9.17, 15) is 0 Å². The van der Waals surface area contributed by atoms with Crippen molar-refractivity contribution >= 4 is 0 Å². The van der Waals surface area contributed by atoms with E-state index in [1.807, 2.05) is 54.6 Å². The largest absolute Gasteiger partial charge is 0.473 e. The summed E-state index contributed by atoms with van der Waals surface area (Å²) in [7, 11) is 0. The van der Waals surface area contributed by atoms with Crippen LogP contribution >= 0.6 is 0 Å². The molecular weight excluding hydrogens is 386 g/mol. The van der Waals surface area contributed by atoms with Gasteiger partial charge in [0.15, 0.2) is 5.82 Å². The highest BCUT2D eigenvalue weighted by Crippen LogP contribution is 2.34. The fraction of sp³-hybridized carbons (Fsp3) is 0.280. The molecule has 4 aromatic rings. The number of benzene rings is 2. The van der Waals surface area contributed by atoms with Crippen molar-refractivity contribution in [3.05, 3.63) is 90.3 Å². The molecule has 0 radical (unpaired) electrons. The first-order chi connectivity index (χ1) is 15.0. The summed E-state index contributed by atoms with van der Waals surface area (Å²) in [5.41, 5.74) is 2.73. The van der Waals surface area contributed by atoms with Gasteiger partial charge in [-0.2, -0.15) is 5.21 Å². The summed E-state index contributed by atoms with van der Waals surface area (Å²) in [6, 6.07) is 26.4. The van der Waals surface area contributed by atoms with Crippen LogP contribution in [0, 0.1) is 0 Å². The smallest absolute Gasteiger partial charge is 0.214 e. The molecule has 1 N–H and O–H groups in total. The zero-order valence-corrected chi connectivity index (χ0v) is 18.1. The number of hydrogen-bond acceptors (Lipinski definition) is 5. The Hall–Kier alpha value is -3.54. The van der Waals surface area contributed by atoms with E-state index in [1.165, 1.54) is 5.56 Å². The summed E-state index contributed by atoms with van der Waals surface area (Å²) in [5.74, 6) is 1.50. The monoisotopic (exact) mass is 413 g/mol. The molecule has 0 amide bonds. The number of H-pyrrole nitrogens is 1. The van der Waals surface area contributed by atoms with Crippen molar-refractivity contribution < 1.29 is 4.74 Å². The Labute approximate surface area is 182 Å². The van der Waals surface area contributed by atoms with Crippen LogP contribution in [0.25, 0.3) is 11.3 Å². The lowest BCUT2D eigenvalue weighted by Gasteiger charge is -2.33. The Morgan fingerprint density at radius 2 is 1.61 bits per heavy atom. The van der Waals surface area contributed by atoms with Crippen molar-refractivity contribution in [1.29, 1.82) is 0 Å². The molecule has 0 aliphatic rings. The molecule has 6 heteroatoms. The summed E-state index contributed by atoms with van der Waals surface area (Å²) in [6.07, 6.45) is 0.571. The van der Waals surface area contributed by atoms with Gasteiger partial charge in [0.2, 0.25) is 5.88 Å². The quantitative estimate of drug-likeness (QED) is 0.431. The third-order valence-electron chi connectivity index (χ3n) is 5.72. The lowest BCUT2D eigenvalue weighted by Crippen LogP contribution is -2.40. The molecule has 0 fully saturated rings. The maximum Gasteiger partial charge on any atom is 0.214 e. The van der Waals surface area contributed by atoms with Gasteiger partial charge in [0.1, 0.15) is 6.10 Å². The van der Waals surface area contributed by atoms with Crippen LogP contribution in [0.4, 0.5) is 0 Å². The van der Waals surface area contributed by atoms with E-state index in [0.29, 0.717) is 11.7 Å². The number of nitrogens with zero attached hydrogens (tertiary/aromatic N) is 4. The molecule has 0 aliphatic carbocycles. The van der Waals surface area contributed by atoms with Crippen molar-refractivity contribution in [3.63, 3.8) is 0 Å². The van der Waals surface area contributed by atoms with Crippen LogP contribution < -0.4 is 4.74 Å². The molecule has 2 atom stereocenters. The molecule has 6 nitrogen and oxygen atoms in total. The molecular formula is C25H27N5O. The van der Waals surface area contributed by atoms with Gasteiger partial charge in [0.05, 0.1) is 11.1 Å². The zero-order valence-electron chi connectivity index (χ0n) is 18.1. The molecule has 4 rings (SSSR count). The first-order valence-electron chi connectivity index (χ1n) is 10.5. The minimum atomic E-state index is -0.472. The number of aromatic amines is 1. The number of hydrogen-bond donors (Lipinski definition) is 1. The molecule has 2 heterocycles. The minimum Gasteiger partial charge on any atom is -0.473 e. The maximum absolute atomic E-state index is 6.52. The van der Waals surface area contributed by atoms with Crippen LogP contribution in [0.1, 0.15) is 44.5 Å². The number of rotatable bonds is 8. The van der Waals surface area contributed by atoms with Crippen LogP contribution in [0.2, 0.25) is 0 Å².